The summed E-state index contributed by atoms with van der Waals surface area (Å²) in [6, 6.07) is 9.95. The number of fused-ring (bicyclic) bond motifs is 1. The van der Waals surface area contributed by atoms with Crippen molar-refractivity contribution < 1.29 is 4.74 Å². The minimum Gasteiger partial charge on any atom is -0.379 e. The van der Waals surface area contributed by atoms with Gasteiger partial charge < -0.3 is 20.4 Å². The Morgan fingerprint density at radius 2 is 1.97 bits per heavy atom. The third-order valence-corrected chi connectivity index (χ3v) is 5.92. The number of nitrogens with zero attached hydrogens (tertiary/aromatic N) is 5. The van der Waals surface area contributed by atoms with Crippen LogP contribution in [-0.4, -0.2) is 56.1 Å². The van der Waals surface area contributed by atoms with E-state index in [9.17, 15) is 0 Å². The van der Waals surface area contributed by atoms with E-state index in [1.807, 2.05) is 35.7 Å². The van der Waals surface area contributed by atoms with Gasteiger partial charge in [-0.25, -0.2) is 4.98 Å². The van der Waals surface area contributed by atoms with Crippen LogP contribution in [0.4, 0.5) is 17.6 Å². The number of aromatic amines is 1. The molecule has 0 unspecified atom stereocenters. The first-order chi connectivity index (χ1) is 15.2. The summed E-state index contributed by atoms with van der Waals surface area (Å²) in [6.07, 6.45) is 0. The van der Waals surface area contributed by atoms with Crippen LogP contribution in [-0.2, 0) is 17.8 Å². The van der Waals surface area contributed by atoms with Crippen molar-refractivity contribution in [3.8, 4) is 0 Å². The van der Waals surface area contributed by atoms with Crippen molar-refractivity contribution in [2.24, 2.45) is 0 Å². The first-order valence-electron chi connectivity index (χ1n) is 9.95. The van der Waals surface area contributed by atoms with Gasteiger partial charge in [0.05, 0.1) is 37.3 Å². The van der Waals surface area contributed by atoms with Crippen molar-refractivity contribution >= 4 is 51.6 Å². The van der Waals surface area contributed by atoms with Crippen LogP contribution in [0.1, 0.15) is 10.7 Å². The van der Waals surface area contributed by atoms with Crippen LogP contribution in [0.15, 0.2) is 35.7 Å². The van der Waals surface area contributed by atoms with Crippen LogP contribution in [0.2, 0.25) is 5.28 Å². The number of benzene rings is 1. The monoisotopic (exact) mass is 456 g/mol. The lowest BCUT2D eigenvalue weighted by Gasteiger charge is -2.25. The number of aromatic nitrogens is 5. The molecule has 1 aromatic carbocycles. The Labute approximate surface area is 187 Å². The van der Waals surface area contributed by atoms with E-state index in [4.69, 9.17) is 21.3 Å². The number of hydrogen-bond donors (Lipinski definition) is 3. The predicted molar refractivity (Wildman–Crippen MR) is 122 cm³/mol. The van der Waals surface area contributed by atoms with Crippen molar-refractivity contribution in [2.45, 2.75) is 13.1 Å². The maximum atomic E-state index is 6.10. The van der Waals surface area contributed by atoms with Gasteiger partial charge in [-0.05, 0) is 41.2 Å². The lowest BCUT2D eigenvalue weighted by molar-refractivity contribution is 0.0332. The van der Waals surface area contributed by atoms with E-state index in [1.165, 1.54) is 4.88 Å². The SMILES string of the molecule is Clc1nc(NCc2cccs2)nc(Nc2ccc3nc(CN4CCOCC4)[nH]c3c2)n1. The van der Waals surface area contributed by atoms with Gasteiger partial charge >= 0.3 is 0 Å². The van der Waals surface area contributed by atoms with Gasteiger partial charge in [-0.3, -0.25) is 4.90 Å². The van der Waals surface area contributed by atoms with E-state index in [-0.39, 0.29) is 5.28 Å². The highest BCUT2D eigenvalue weighted by atomic mass is 35.5. The fourth-order valence-corrected chi connectivity index (χ4v) is 4.18. The second kappa shape index (κ2) is 9.15. The maximum Gasteiger partial charge on any atom is 0.233 e. The molecular weight excluding hydrogens is 436 g/mol. The lowest BCUT2D eigenvalue weighted by Crippen LogP contribution is -2.35. The van der Waals surface area contributed by atoms with Crippen LogP contribution < -0.4 is 10.6 Å². The number of rotatable bonds is 7. The highest BCUT2D eigenvalue weighted by Crippen LogP contribution is 2.21. The van der Waals surface area contributed by atoms with E-state index >= 15 is 0 Å². The molecular formula is C20H21ClN8OS. The number of hydrogen-bond acceptors (Lipinski definition) is 9. The number of nitrogens with one attached hydrogen (secondary N) is 3. The van der Waals surface area contributed by atoms with Gasteiger partial charge in [0.15, 0.2) is 0 Å². The Morgan fingerprint density at radius 1 is 1.10 bits per heavy atom. The fourth-order valence-electron chi connectivity index (χ4n) is 3.38. The zero-order valence-electron chi connectivity index (χ0n) is 16.6. The summed E-state index contributed by atoms with van der Waals surface area (Å²) >= 11 is 7.76. The van der Waals surface area contributed by atoms with Gasteiger partial charge in [0.25, 0.3) is 0 Å². The Hall–Kier alpha value is -2.79. The van der Waals surface area contributed by atoms with Gasteiger partial charge in [-0.15, -0.1) is 11.3 Å². The highest BCUT2D eigenvalue weighted by molar-refractivity contribution is 7.09. The molecule has 1 saturated heterocycles. The molecule has 9 nitrogen and oxygen atoms in total. The Kier molecular flexibility index (Phi) is 5.94. The molecule has 4 aromatic rings. The van der Waals surface area contributed by atoms with Crippen LogP contribution in [0.25, 0.3) is 11.0 Å². The maximum absolute atomic E-state index is 6.10. The molecule has 0 saturated carbocycles. The number of morpholine rings is 1. The van der Waals surface area contributed by atoms with E-state index in [0.29, 0.717) is 18.4 Å². The molecule has 0 bridgehead atoms. The van der Waals surface area contributed by atoms with Crippen LogP contribution in [0.5, 0.6) is 0 Å². The quantitative estimate of drug-likeness (QED) is 0.387. The van der Waals surface area contributed by atoms with Gasteiger partial charge in [0.1, 0.15) is 5.82 Å². The number of halogens is 1. The second-order valence-corrected chi connectivity index (χ2v) is 8.48. The van der Waals surface area contributed by atoms with Crippen molar-refractivity contribution in [3.63, 3.8) is 0 Å². The number of ether oxygens (including phenoxy) is 1. The van der Waals surface area contributed by atoms with Crippen LogP contribution in [0.3, 0.4) is 0 Å². The van der Waals surface area contributed by atoms with Gasteiger partial charge in [0.2, 0.25) is 17.2 Å². The summed E-state index contributed by atoms with van der Waals surface area (Å²) in [5.41, 5.74) is 2.70. The van der Waals surface area contributed by atoms with Crippen molar-refractivity contribution in [1.82, 2.24) is 29.8 Å². The molecule has 3 N–H and O–H groups in total. The highest BCUT2D eigenvalue weighted by Gasteiger charge is 2.13. The topological polar surface area (TPSA) is 104 Å². The molecule has 0 spiro atoms. The third-order valence-electron chi connectivity index (χ3n) is 4.87. The molecule has 11 heteroatoms. The van der Waals surface area contributed by atoms with Crippen molar-refractivity contribution in [1.29, 1.82) is 0 Å². The molecule has 5 rings (SSSR count). The summed E-state index contributed by atoms with van der Waals surface area (Å²) in [7, 11) is 0. The van der Waals surface area contributed by atoms with Crippen molar-refractivity contribution in [3.05, 3.63) is 51.7 Å². The second-order valence-electron chi connectivity index (χ2n) is 7.11. The lowest BCUT2D eigenvalue weighted by atomic mass is 10.3. The van der Waals surface area contributed by atoms with Crippen LogP contribution in [0, 0.1) is 0 Å². The molecule has 0 atom stereocenters. The summed E-state index contributed by atoms with van der Waals surface area (Å²) < 4.78 is 5.41. The number of H-pyrrole nitrogens is 1. The molecule has 0 aliphatic carbocycles. The van der Waals surface area contributed by atoms with E-state index in [0.717, 1.165) is 55.4 Å². The number of imidazole rings is 1. The molecule has 0 radical (unpaired) electrons. The molecule has 1 aliphatic heterocycles. The largest absolute Gasteiger partial charge is 0.379 e. The van der Waals surface area contributed by atoms with Gasteiger partial charge in [-0.2, -0.15) is 15.0 Å². The van der Waals surface area contributed by atoms with E-state index < -0.39 is 0 Å². The zero-order chi connectivity index (χ0) is 21.0. The average molecular weight is 457 g/mol. The number of thiophene rings is 1. The first kappa shape index (κ1) is 20.1. The molecule has 31 heavy (non-hydrogen) atoms. The molecule has 160 valence electrons. The van der Waals surface area contributed by atoms with Gasteiger partial charge in [0, 0.05) is 23.7 Å². The number of anilines is 3. The summed E-state index contributed by atoms with van der Waals surface area (Å²) in [6.45, 7) is 4.80. The molecule has 0 amide bonds. The molecule has 1 fully saturated rings. The Morgan fingerprint density at radius 3 is 2.81 bits per heavy atom. The summed E-state index contributed by atoms with van der Waals surface area (Å²) in [4.78, 5) is 24.4. The molecule has 4 heterocycles. The Balaban J connectivity index is 1.29. The smallest absolute Gasteiger partial charge is 0.233 e. The van der Waals surface area contributed by atoms with Crippen molar-refractivity contribution in [2.75, 3.05) is 36.9 Å². The Bertz CT molecular complexity index is 1160. The third kappa shape index (κ3) is 5.10. The van der Waals surface area contributed by atoms with Gasteiger partial charge in [-0.1, -0.05) is 6.07 Å². The predicted octanol–water partition coefficient (Wildman–Crippen LogP) is 3.65. The fraction of sp³-hybridized carbons (Fsp3) is 0.300. The minimum atomic E-state index is 0.126. The normalized spacial score (nSPS) is 14.7. The minimum absolute atomic E-state index is 0.126. The zero-order valence-corrected chi connectivity index (χ0v) is 18.2. The summed E-state index contributed by atoms with van der Waals surface area (Å²) in [5, 5.41) is 8.54. The van der Waals surface area contributed by atoms with E-state index in [1.54, 1.807) is 11.3 Å². The standard InChI is InChI=1S/C20H21ClN8OS/c21-18-26-19(22-11-14-2-1-9-31-14)28-20(27-18)23-13-3-4-15-16(10-13)25-17(24-15)12-29-5-7-30-8-6-29/h1-4,9-10H,5-8,11-12H2,(H,24,25)(H2,22,23,26,27,28). The average Bonchev–Trinajstić information content (AvgIpc) is 3.42. The molecule has 3 aromatic heterocycles. The first-order valence-corrected chi connectivity index (χ1v) is 11.2. The van der Waals surface area contributed by atoms with Crippen LogP contribution >= 0.6 is 22.9 Å². The van der Waals surface area contributed by atoms with E-state index in [2.05, 4.69) is 35.5 Å². The molecule has 1 aliphatic rings. The summed E-state index contributed by atoms with van der Waals surface area (Å²) in [5.74, 6) is 1.74.